The van der Waals surface area contributed by atoms with Gasteiger partial charge in [0.1, 0.15) is 41.8 Å². The van der Waals surface area contributed by atoms with Gasteiger partial charge < -0.3 is 41.7 Å². The van der Waals surface area contributed by atoms with E-state index < -0.39 is 80.0 Å². The largest absolute Gasteiger partial charge is 0.497 e. The monoisotopic (exact) mass is 1020 g/mol. The molecule has 376 valence electrons. The van der Waals surface area contributed by atoms with Crippen molar-refractivity contribution in [3.8, 4) is 11.5 Å². The van der Waals surface area contributed by atoms with E-state index in [2.05, 4.69) is 50.4 Å². The van der Waals surface area contributed by atoms with Crippen molar-refractivity contribution < 1.29 is 41.7 Å². The van der Waals surface area contributed by atoms with Crippen LogP contribution in [0.15, 0.2) is 123 Å². The number of nitrogens with zero attached hydrogens (tertiary/aromatic N) is 2. The maximum atomic E-state index is 13.4. The van der Waals surface area contributed by atoms with Gasteiger partial charge in [-0.25, -0.2) is 9.59 Å². The van der Waals surface area contributed by atoms with Crippen LogP contribution >= 0.6 is 6.72 Å². The van der Waals surface area contributed by atoms with Crippen molar-refractivity contribution in [3.05, 3.63) is 173 Å². The second-order valence-electron chi connectivity index (χ2n) is 18.9. The fourth-order valence-corrected chi connectivity index (χ4v) is 11.7. The number of aromatic amines is 2. The Labute approximate surface area is 413 Å². The van der Waals surface area contributed by atoms with Crippen LogP contribution in [0.3, 0.4) is 0 Å². The summed E-state index contributed by atoms with van der Waals surface area (Å²) >= 11 is 6.21. The predicted molar refractivity (Wildman–Crippen MR) is 271 cm³/mol. The highest BCUT2D eigenvalue weighted by Crippen LogP contribution is 2.55. The lowest BCUT2D eigenvalue weighted by molar-refractivity contribution is -0.0940. The summed E-state index contributed by atoms with van der Waals surface area (Å²) in [5, 5.41) is -0.173. The van der Waals surface area contributed by atoms with Crippen molar-refractivity contribution in [1.29, 1.82) is 0 Å². The molecule has 70 heavy (non-hydrogen) atoms. The summed E-state index contributed by atoms with van der Waals surface area (Å²) in [6.45, 7) is 13.6. The minimum atomic E-state index is -3.79. The Kier molecular flexibility index (Phi) is 16.4. The van der Waals surface area contributed by atoms with Gasteiger partial charge in [-0.15, -0.1) is 6.58 Å². The van der Waals surface area contributed by atoms with Crippen LogP contribution in [-0.2, 0) is 49.6 Å². The summed E-state index contributed by atoms with van der Waals surface area (Å²) in [4.78, 5) is 56.1. The zero-order valence-corrected chi connectivity index (χ0v) is 43.7. The quantitative estimate of drug-likeness (QED) is 0.0337. The van der Waals surface area contributed by atoms with E-state index >= 15 is 0 Å². The second-order valence-corrected chi connectivity index (χ2v) is 26.6. The Morgan fingerprint density at radius 1 is 0.729 bits per heavy atom. The first kappa shape index (κ1) is 52.8. The van der Waals surface area contributed by atoms with E-state index in [9.17, 15) is 19.2 Å². The van der Waals surface area contributed by atoms with Crippen LogP contribution in [0.2, 0.25) is 18.1 Å². The first-order valence-electron chi connectivity index (χ1n) is 23.0. The highest BCUT2D eigenvalue weighted by molar-refractivity contribution is 8.07. The van der Waals surface area contributed by atoms with Crippen LogP contribution in [0.5, 0.6) is 11.5 Å². The summed E-state index contributed by atoms with van der Waals surface area (Å²) in [6.07, 6.45) is -0.0998. The Morgan fingerprint density at radius 2 is 1.20 bits per heavy atom. The maximum absolute atomic E-state index is 13.4. The fraction of sp³-hybridized carbons (Fsp3) is 0.440. The second kappa shape index (κ2) is 21.7. The number of hydrogen-bond donors (Lipinski definition) is 2. The molecular formula is C50H63N4O13PSSi. The molecule has 0 amide bonds. The van der Waals surface area contributed by atoms with Gasteiger partial charge in [0.25, 0.3) is 11.1 Å². The number of aryl methyl sites for hydroxylation is 2. The standard InChI is InChI=1S/C50H63N4O13PSSi/c1-11-25-62-68(69,63-31-42-40(67-70(9,10)49(4,5)6)27-44(65-42)54-29-33(3)46(56)52-48(54)58)66-39-26-43(53-28-32(2)45(55)51-47(53)57)64-41(39)30-61-50(34-15-13-12-14-16-34,35-17-21-37(59-7)22-18-35)36-19-23-38(60-8)24-20-36/h11-24,28-29,39-44H,1,25-27,30-31H2,2-10H3,(H,51,55,57)(H,52,56,58)/t39-,40-,41+,42+,43+,44+,68?/m0/s1. The molecule has 2 aliphatic heterocycles. The molecule has 0 radical (unpaired) electrons. The fourth-order valence-electron chi connectivity index (χ4n) is 8.29. The lowest BCUT2D eigenvalue weighted by atomic mass is 9.80. The third-order valence-electron chi connectivity index (χ3n) is 13.2. The van der Waals surface area contributed by atoms with Crippen molar-refractivity contribution in [1.82, 2.24) is 19.1 Å². The van der Waals surface area contributed by atoms with Crippen molar-refractivity contribution in [2.75, 3.05) is 34.0 Å². The predicted octanol–water partition coefficient (Wildman–Crippen LogP) is 7.52. The van der Waals surface area contributed by atoms with E-state index in [4.69, 9.17) is 53.5 Å². The van der Waals surface area contributed by atoms with Crippen LogP contribution in [0, 0.1) is 13.8 Å². The summed E-state index contributed by atoms with van der Waals surface area (Å²) in [6, 6.07) is 25.0. The highest BCUT2D eigenvalue weighted by Gasteiger charge is 2.48. The SMILES string of the molecule is C=CCOP(=S)(OC[C@H]1O[C@@H](n2cc(C)c(=O)[nH]c2=O)C[C@@H]1O[Si](C)(C)C(C)(C)C)O[C@H]1C[C@H](n2cc(C)c(=O)[nH]c2=O)O[C@@H]1COC(c1ccccc1)(c1ccc(OC)cc1)c1ccc(OC)cc1. The normalized spacial score (nSPS) is 21.6. The van der Waals surface area contributed by atoms with Crippen molar-refractivity contribution in [2.24, 2.45) is 0 Å². The number of nitrogens with one attached hydrogen (secondary N) is 2. The zero-order chi connectivity index (χ0) is 50.6. The summed E-state index contributed by atoms with van der Waals surface area (Å²) in [7, 11) is 0.765. The van der Waals surface area contributed by atoms with E-state index in [1.807, 2.05) is 78.9 Å². The number of H-pyrrole nitrogens is 2. The van der Waals surface area contributed by atoms with E-state index in [0.29, 0.717) is 22.6 Å². The van der Waals surface area contributed by atoms with Gasteiger partial charge in [0.2, 0.25) is 0 Å². The van der Waals surface area contributed by atoms with Gasteiger partial charge in [-0.2, -0.15) is 0 Å². The van der Waals surface area contributed by atoms with Crippen LogP contribution < -0.4 is 32.0 Å². The lowest BCUT2D eigenvalue weighted by Gasteiger charge is -2.39. The van der Waals surface area contributed by atoms with Crippen LogP contribution in [0.1, 0.15) is 73.9 Å². The third-order valence-corrected chi connectivity index (χ3v) is 20.0. The molecule has 0 bridgehead atoms. The Bertz CT molecular complexity index is 2850. The molecule has 2 N–H and O–H groups in total. The number of ether oxygens (including phenoxy) is 5. The molecule has 0 spiro atoms. The number of rotatable bonds is 20. The lowest BCUT2D eigenvalue weighted by Crippen LogP contribution is -2.46. The van der Waals surface area contributed by atoms with Crippen molar-refractivity contribution >= 4 is 26.8 Å². The minimum absolute atomic E-state index is 0.0375. The minimum Gasteiger partial charge on any atom is -0.497 e. The zero-order valence-electron chi connectivity index (χ0n) is 41.0. The van der Waals surface area contributed by atoms with Gasteiger partial charge >= 0.3 is 18.1 Å². The molecule has 2 fully saturated rings. The van der Waals surface area contributed by atoms with Gasteiger partial charge in [-0.3, -0.25) is 28.7 Å². The molecule has 0 saturated carbocycles. The molecule has 2 aliphatic rings. The third kappa shape index (κ3) is 11.5. The maximum Gasteiger partial charge on any atom is 0.330 e. The van der Waals surface area contributed by atoms with Gasteiger partial charge in [-0.05, 0) is 84.7 Å². The number of aromatic nitrogens is 4. The van der Waals surface area contributed by atoms with Crippen LogP contribution in [0.4, 0.5) is 0 Å². The number of methoxy groups -OCH3 is 2. The molecule has 3 aromatic carbocycles. The van der Waals surface area contributed by atoms with Crippen LogP contribution in [-0.4, -0.2) is 85.9 Å². The van der Waals surface area contributed by atoms with E-state index in [0.717, 1.165) is 16.7 Å². The Morgan fingerprint density at radius 3 is 1.67 bits per heavy atom. The van der Waals surface area contributed by atoms with E-state index in [1.165, 1.54) is 27.6 Å². The smallest absolute Gasteiger partial charge is 0.330 e. The van der Waals surface area contributed by atoms with Gasteiger partial charge in [0.05, 0.1) is 46.2 Å². The summed E-state index contributed by atoms with van der Waals surface area (Å²) in [5.41, 5.74) is -0.562. The molecule has 7 atom stereocenters. The van der Waals surface area contributed by atoms with Crippen molar-refractivity contribution in [3.63, 3.8) is 0 Å². The molecule has 0 aliphatic carbocycles. The van der Waals surface area contributed by atoms with E-state index in [1.54, 1.807) is 28.1 Å². The average molecular weight is 1020 g/mol. The van der Waals surface area contributed by atoms with Crippen LogP contribution in [0.25, 0.3) is 0 Å². The topological polar surface area (TPSA) is 193 Å². The Hall–Kier alpha value is -5.05. The van der Waals surface area contributed by atoms with E-state index in [-0.39, 0.29) is 37.7 Å². The summed E-state index contributed by atoms with van der Waals surface area (Å²) < 4.78 is 60.9. The average Bonchev–Trinajstić information content (AvgIpc) is 3.92. The Balaban J connectivity index is 1.25. The number of benzene rings is 3. The molecule has 7 rings (SSSR count). The molecule has 1 unspecified atom stereocenters. The van der Waals surface area contributed by atoms with Gasteiger partial charge in [-0.1, -0.05) is 81.4 Å². The molecule has 2 saturated heterocycles. The molecule has 17 nitrogen and oxygen atoms in total. The molecule has 20 heteroatoms. The highest BCUT2D eigenvalue weighted by atomic mass is 32.5. The molecule has 5 aromatic rings. The molecule has 2 aromatic heterocycles. The van der Waals surface area contributed by atoms with Gasteiger partial charge in [0.15, 0.2) is 8.32 Å². The summed E-state index contributed by atoms with van der Waals surface area (Å²) in [5.74, 6) is 1.30. The molecular weight excluding hydrogens is 956 g/mol. The van der Waals surface area contributed by atoms with Gasteiger partial charge in [0, 0.05) is 36.4 Å². The first-order valence-corrected chi connectivity index (χ1v) is 28.5. The first-order chi connectivity index (χ1) is 33.2. The molecule has 4 heterocycles. The van der Waals surface area contributed by atoms with Crippen molar-refractivity contribution in [2.45, 2.75) is 108 Å². The number of hydrogen-bond acceptors (Lipinski definition) is 14.